The molecule has 1 fully saturated rings. The standard InChI is InChI=1S/C12H17N3O2/c1-8-7-15(9(2)6-14-8)12(17)10-4-3-5-13-11(10)16/h3-5,8-9,14H,6-7H2,1-2H3,(H,13,16). The predicted molar refractivity (Wildman–Crippen MR) is 65.0 cm³/mol. The van der Waals surface area contributed by atoms with E-state index in [1.165, 1.54) is 6.20 Å². The highest BCUT2D eigenvalue weighted by Crippen LogP contribution is 2.10. The number of aromatic amines is 1. The molecule has 2 rings (SSSR count). The Morgan fingerprint density at radius 1 is 1.47 bits per heavy atom. The van der Waals surface area contributed by atoms with E-state index in [4.69, 9.17) is 0 Å². The lowest BCUT2D eigenvalue weighted by Crippen LogP contribution is -2.56. The summed E-state index contributed by atoms with van der Waals surface area (Å²) in [7, 11) is 0. The van der Waals surface area contributed by atoms with Crippen molar-refractivity contribution in [3.63, 3.8) is 0 Å². The maximum absolute atomic E-state index is 12.3. The first-order valence-electron chi connectivity index (χ1n) is 5.81. The van der Waals surface area contributed by atoms with Gasteiger partial charge in [-0.3, -0.25) is 9.59 Å². The first kappa shape index (κ1) is 11.9. The Kier molecular flexibility index (Phi) is 3.28. The predicted octanol–water partition coefficient (Wildman–Crippen LogP) is 0.197. The van der Waals surface area contributed by atoms with E-state index in [0.29, 0.717) is 6.54 Å². The number of pyridine rings is 1. The van der Waals surface area contributed by atoms with Crippen molar-refractivity contribution in [1.29, 1.82) is 0 Å². The highest BCUT2D eigenvalue weighted by atomic mass is 16.2. The quantitative estimate of drug-likeness (QED) is 0.730. The summed E-state index contributed by atoms with van der Waals surface area (Å²) < 4.78 is 0. The first-order chi connectivity index (χ1) is 8.09. The maximum atomic E-state index is 12.3. The number of piperazine rings is 1. The minimum Gasteiger partial charge on any atom is -0.333 e. The minimum atomic E-state index is -0.323. The molecule has 1 amide bonds. The third-order valence-electron chi connectivity index (χ3n) is 3.07. The van der Waals surface area contributed by atoms with Gasteiger partial charge < -0.3 is 15.2 Å². The maximum Gasteiger partial charge on any atom is 0.260 e. The summed E-state index contributed by atoms with van der Waals surface area (Å²) in [5.41, 5.74) is -0.107. The molecule has 1 saturated heterocycles. The number of aromatic nitrogens is 1. The summed E-state index contributed by atoms with van der Waals surface area (Å²) in [5.74, 6) is -0.187. The van der Waals surface area contributed by atoms with E-state index in [1.54, 1.807) is 17.0 Å². The minimum absolute atomic E-state index is 0.110. The number of rotatable bonds is 1. The van der Waals surface area contributed by atoms with Gasteiger partial charge in [-0.2, -0.15) is 0 Å². The summed E-state index contributed by atoms with van der Waals surface area (Å²) in [6.45, 7) is 5.40. The molecule has 0 bridgehead atoms. The fourth-order valence-corrected chi connectivity index (χ4v) is 2.05. The summed E-state index contributed by atoms with van der Waals surface area (Å²) in [5, 5.41) is 3.30. The van der Waals surface area contributed by atoms with Gasteiger partial charge >= 0.3 is 0 Å². The van der Waals surface area contributed by atoms with Crippen LogP contribution in [0.2, 0.25) is 0 Å². The van der Waals surface area contributed by atoms with Crippen LogP contribution in [0.4, 0.5) is 0 Å². The molecular formula is C12H17N3O2. The van der Waals surface area contributed by atoms with Crippen LogP contribution in [0.15, 0.2) is 23.1 Å². The van der Waals surface area contributed by atoms with E-state index < -0.39 is 0 Å². The molecule has 0 saturated carbocycles. The van der Waals surface area contributed by atoms with E-state index in [0.717, 1.165) is 6.54 Å². The molecular weight excluding hydrogens is 218 g/mol. The molecule has 0 spiro atoms. The molecule has 1 aliphatic rings. The average Bonchev–Trinajstić information content (AvgIpc) is 2.32. The molecule has 0 aliphatic carbocycles. The van der Waals surface area contributed by atoms with Crippen LogP contribution in [-0.4, -0.2) is 41.0 Å². The molecule has 1 aromatic rings. The number of carbonyl (C=O) groups excluding carboxylic acids is 1. The summed E-state index contributed by atoms with van der Waals surface area (Å²) in [6, 6.07) is 3.61. The van der Waals surface area contributed by atoms with Gasteiger partial charge in [-0.1, -0.05) is 0 Å². The number of nitrogens with one attached hydrogen (secondary N) is 2. The number of nitrogens with zero attached hydrogens (tertiary/aromatic N) is 1. The molecule has 17 heavy (non-hydrogen) atoms. The van der Waals surface area contributed by atoms with Crippen molar-refractivity contribution in [1.82, 2.24) is 15.2 Å². The fourth-order valence-electron chi connectivity index (χ4n) is 2.05. The number of carbonyl (C=O) groups is 1. The van der Waals surface area contributed by atoms with E-state index in [9.17, 15) is 9.59 Å². The van der Waals surface area contributed by atoms with Crippen LogP contribution in [0.1, 0.15) is 24.2 Å². The largest absolute Gasteiger partial charge is 0.333 e. The lowest BCUT2D eigenvalue weighted by molar-refractivity contribution is 0.0614. The number of hydrogen-bond donors (Lipinski definition) is 2. The van der Waals surface area contributed by atoms with Crippen molar-refractivity contribution in [3.05, 3.63) is 34.2 Å². The molecule has 2 N–H and O–H groups in total. The zero-order chi connectivity index (χ0) is 12.4. The SMILES string of the molecule is CC1CN(C(=O)c2ccc[nH]c2=O)C(C)CN1. The van der Waals surface area contributed by atoms with E-state index in [2.05, 4.69) is 10.3 Å². The van der Waals surface area contributed by atoms with Crippen LogP contribution < -0.4 is 10.9 Å². The second kappa shape index (κ2) is 4.71. The Morgan fingerprint density at radius 2 is 2.24 bits per heavy atom. The van der Waals surface area contributed by atoms with Crippen LogP contribution in [0.5, 0.6) is 0 Å². The number of hydrogen-bond acceptors (Lipinski definition) is 3. The van der Waals surface area contributed by atoms with Crippen molar-refractivity contribution >= 4 is 5.91 Å². The molecule has 1 aliphatic heterocycles. The molecule has 1 aromatic heterocycles. The van der Waals surface area contributed by atoms with Crippen LogP contribution in [-0.2, 0) is 0 Å². The Balaban J connectivity index is 2.25. The van der Waals surface area contributed by atoms with Gasteiger partial charge in [0.1, 0.15) is 5.56 Å². The van der Waals surface area contributed by atoms with Crippen molar-refractivity contribution in [2.45, 2.75) is 25.9 Å². The Labute approximate surface area is 99.8 Å². The third kappa shape index (κ3) is 2.39. The van der Waals surface area contributed by atoms with Gasteiger partial charge in [-0.25, -0.2) is 0 Å². The van der Waals surface area contributed by atoms with Gasteiger partial charge in [0.05, 0.1) is 0 Å². The molecule has 92 valence electrons. The third-order valence-corrected chi connectivity index (χ3v) is 3.07. The molecule has 0 radical (unpaired) electrons. The van der Waals surface area contributed by atoms with E-state index in [1.807, 2.05) is 13.8 Å². The normalized spacial score (nSPS) is 24.7. The second-order valence-corrected chi connectivity index (χ2v) is 4.53. The van der Waals surface area contributed by atoms with Crippen molar-refractivity contribution in [3.8, 4) is 0 Å². The molecule has 5 heteroatoms. The smallest absolute Gasteiger partial charge is 0.260 e. The van der Waals surface area contributed by atoms with Gasteiger partial charge in [0.15, 0.2) is 0 Å². The first-order valence-corrected chi connectivity index (χ1v) is 5.81. The van der Waals surface area contributed by atoms with Gasteiger partial charge in [-0.15, -0.1) is 0 Å². The average molecular weight is 235 g/mol. The van der Waals surface area contributed by atoms with E-state index >= 15 is 0 Å². The number of H-pyrrole nitrogens is 1. The van der Waals surface area contributed by atoms with Crippen molar-refractivity contribution in [2.75, 3.05) is 13.1 Å². The van der Waals surface area contributed by atoms with Gasteiger partial charge in [0.2, 0.25) is 0 Å². The van der Waals surface area contributed by atoms with Gasteiger partial charge in [-0.05, 0) is 26.0 Å². The number of amides is 1. The monoisotopic (exact) mass is 235 g/mol. The Hall–Kier alpha value is -1.62. The van der Waals surface area contributed by atoms with Crippen LogP contribution in [0.3, 0.4) is 0 Å². The zero-order valence-corrected chi connectivity index (χ0v) is 10.1. The molecule has 0 aromatic carbocycles. The Bertz CT molecular complexity index is 469. The van der Waals surface area contributed by atoms with Crippen molar-refractivity contribution < 1.29 is 4.79 Å². The lowest BCUT2D eigenvalue weighted by atomic mass is 10.1. The topological polar surface area (TPSA) is 65.2 Å². The zero-order valence-electron chi connectivity index (χ0n) is 10.1. The summed E-state index contributed by atoms with van der Waals surface area (Å²) >= 11 is 0. The molecule has 2 heterocycles. The van der Waals surface area contributed by atoms with Crippen molar-refractivity contribution in [2.24, 2.45) is 0 Å². The fraction of sp³-hybridized carbons (Fsp3) is 0.500. The lowest BCUT2D eigenvalue weighted by Gasteiger charge is -2.37. The highest BCUT2D eigenvalue weighted by molar-refractivity contribution is 5.94. The Morgan fingerprint density at radius 3 is 2.94 bits per heavy atom. The van der Waals surface area contributed by atoms with Crippen LogP contribution in [0, 0.1) is 0 Å². The highest BCUT2D eigenvalue weighted by Gasteiger charge is 2.28. The van der Waals surface area contributed by atoms with Crippen LogP contribution >= 0.6 is 0 Å². The summed E-state index contributed by atoms with van der Waals surface area (Å²) in [6.07, 6.45) is 1.53. The summed E-state index contributed by atoms with van der Waals surface area (Å²) in [4.78, 5) is 28.1. The van der Waals surface area contributed by atoms with Crippen LogP contribution in [0.25, 0.3) is 0 Å². The molecule has 2 unspecified atom stereocenters. The van der Waals surface area contributed by atoms with Gasteiger partial charge in [0.25, 0.3) is 11.5 Å². The molecule has 5 nitrogen and oxygen atoms in total. The van der Waals surface area contributed by atoms with Gasteiger partial charge in [0, 0.05) is 31.4 Å². The molecule has 2 atom stereocenters. The second-order valence-electron chi connectivity index (χ2n) is 4.53. The van der Waals surface area contributed by atoms with E-state index in [-0.39, 0.29) is 29.1 Å².